The molecule has 3 aromatic rings. The van der Waals surface area contributed by atoms with Gasteiger partial charge >= 0.3 is 0 Å². The van der Waals surface area contributed by atoms with Gasteiger partial charge in [0, 0.05) is 55.0 Å². The number of pyridine rings is 1. The van der Waals surface area contributed by atoms with Crippen LogP contribution in [0.3, 0.4) is 0 Å². The lowest BCUT2D eigenvalue weighted by atomic mass is 10.0. The van der Waals surface area contributed by atoms with E-state index in [1.165, 1.54) is 29.0 Å². The average Bonchev–Trinajstić information content (AvgIpc) is 3.31. The van der Waals surface area contributed by atoms with Crippen LogP contribution in [0.15, 0.2) is 53.9 Å². The van der Waals surface area contributed by atoms with Gasteiger partial charge in [-0.2, -0.15) is 4.31 Å². The fourth-order valence-electron chi connectivity index (χ4n) is 3.55. The lowest BCUT2D eigenvalue weighted by Gasteiger charge is -2.16. The minimum Gasteiger partial charge on any atom is -0.355 e. The highest BCUT2D eigenvalue weighted by atomic mass is 32.2. The van der Waals surface area contributed by atoms with E-state index in [1.54, 1.807) is 23.7 Å². The van der Waals surface area contributed by atoms with Gasteiger partial charge in [-0.25, -0.2) is 17.8 Å². The Hall–Kier alpha value is -2.78. The number of hydrogen-bond donors (Lipinski definition) is 1. The topological polar surface area (TPSA) is 80.1 Å². The number of halogens is 1. The molecule has 29 heavy (non-hydrogen) atoms. The summed E-state index contributed by atoms with van der Waals surface area (Å²) in [5.41, 5.74) is 3.08. The quantitative estimate of drug-likeness (QED) is 0.692. The third-order valence-corrected chi connectivity index (χ3v) is 6.69. The van der Waals surface area contributed by atoms with E-state index in [0.717, 1.165) is 17.1 Å². The molecule has 0 unspecified atom stereocenters. The van der Waals surface area contributed by atoms with Crippen molar-refractivity contribution in [3.8, 4) is 0 Å². The Bertz CT molecular complexity index is 1150. The van der Waals surface area contributed by atoms with Crippen LogP contribution in [0.1, 0.15) is 23.7 Å². The van der Waals surface area contributed by atoms with Crippen molar-refractivity contribution < 1.29 is 12.8 Å². The molecule has 2 aromatic heterocycles. The van der Waals surface area contributed by atoms with Crippen molar-refractivity contribution in [2.45, 2.75) is 24.3 Å². The van der Waals surface area contributed by atoms with Crippen LogP contribution in [0.2, 0.25) is 0 Å². The second-order valence-corrected chi connectivity index (χ2v) is 9.17. The minimum absolute atomic E-state index is 0.0125. The van der Waals surface area contributed by atoms with Crippen LogP contribution < -0.4 is 5.32 Å². The molecular formula is C20H22FN5O2S. The van der Waals surface area contributed by atoms with E-state index >= 15 is 0 Å². The summed E-state index contributed by atoms with van der Waals surface area (Å²) in [6.07, 6.45) is 3.67. The van der Waals surface area contributed by atoms with Crippen LogP contribution in [0.5, 0.6) is 0 Å². The van der Waals surface area contributed by atoms with Gasteiger partial charge in [0.2, 0.25) is 0 Å². The van der Waals surface area contributed by atoms with Gasteiger partial charge in [0.05, 0.1) is 6.33 Å². The summed E-state index contributed by atoms with van der Waals surface area (Å²) in [5, 5.41) is 3.26. The third kappa shape index (κ3) is 4.15. The fraction of sp³-hybridized carbons (Fsp3) is 0.300. The lowest BCUT2D eigenvalue weighted by molar-refractivity contribution is 0.469. The molecular weight excluding hydrogens is 393 g/mol. The van der Waals surface area contributed by atoms with Crippen molar-refractivity contribution in [1.29, 1.82) is 0 Å². The van der Waals surface area contributed by atoms with Crippen LogP contribution in [-0.4, -0.2) is 40.3 Å². The second-order valence-electron chi connectivity index (χ2n) is 7.28. The highest BCUT2D eigenvalue weighted by Gasteiger charge is 2.35. The molecule has 1 atom stereocenters. The van der Waals surface area contributed by atoms with E-state index in [0.29, 0.717) is 25.2 Å². The molecule has 9 heteroatoms. The Kier molecular flexibility index (Phi) is 5.10. The van der Waals surface area contributed by atoms with Crippen molar-refractivity contribution >= 4 is 21.4 Å². The molecule has 0 amide bonds. The number of aryl methyl sites for hydroxylation is 2. The summed E-state index contributed by atoms with van der Waals surface area (Å²) in [7, 11) is -1.88. The van der Waals surface area contributed by atoms with E-state index in [9.17, 15) is 12.8 Å². The monoisotopic (exact) mass is 415 g/mol. The number of aromatic nitrogens is 3. The number of anilines is 2. The van der Waals surface area contributed by atoms with Crippen LogP contribution in [0.25, 0.3) is 0 Å². The van der Waals surface area contributed by atoms with Crippen molar-refractivity contribution in [2.24, 2.45) is 7.05 Å². The van der Waals surface area contributed by atoms with Crippen LogP contribution in [-0.2, 0) is 17.1 Å². The minimum atomic E-state index is -3.62. The molecule has 0 spiro atoms. The maximum absolute atomic E-state index is 13.4. The number of hydrogen-bond acceptors (Lipinski definition) is 5. The molecule has 3 heterocycles. The molecule has 1 aliphatic heterocycles. The van der Waals surface area contributed by atoms with Gasteiger partial charge in [-0.15, -0.1) is 0 Å². The summed E-state index contributed by atoms with van der Waals surface area (Å²) in [4.78, 5) is 8.60. The lowest BCUT2D eigenvalue weighted by Crippen LogP contribution is -2.29. The van der Waals surface area contributed by atoms with Gasteiger partial charge in [0.1, 0.15) is 5.82 Å². The second kappa shape index (κ2) is 7.57. The molecule has 152 valence electrons. The molecule has 7 nitrogen and oxygen atoms in total. The zero-order chi connectivity index (χ0) is 20.6. The molecule has 1 aliphatic rings. The molecule has 0 radical (unpaired) electrons. The highest BCUT2D eigenvalue weighted by Crippen LogP contribution is 2.31. The van der Waals surface area contributed by atoms with Crippen LogP contribution >= 0.6 is 0 Å². The normalized spacial score (nSPS) is 17.6. The predicted molar refractivity (Wildman–Crippen MR) is 108 cm³/mol. The van der Waals surface area contributed by atoms with Gasteiger partial charge in [0.25, 0.3) is 10.0 Å². The van der Waals surface area contributed by atoms with E-state index < -0.39 is 10.0 Å². The van der Waals surface area contributed by atoms with E-state index in [4.69, 9.17) is 0 Å². The SMILES string of the molecule is Cc1cc(Nc2cccc(F)c2)cc([C@@H]2CCN(S(=O)(=O)c3cn(C)cn3)C2)n1. The van der Waals surface area contributed by atoms with Crippen molar-refractivity contribution in [2.75, 3.05) is 18.4 Å². The Labute approximate surface area is 169 Å². The average molecular weight is 415 g/mol. The van der Waals surface area contributed by atoms with Crippen molar-refractivity contribution in [1.82, 2.24) is 18.8 Å². The Morgan fingerprint density at radius 1 is 1.21 bits per heavy atom. The van der Waals surface area contributed by atoms with Crippen LogP contribution in [0.4, 0.5) is 15.8 Å². The summed E-state index contributed by atoms with van der Waals surface area (Å²) in [6.45, 7) is 2.66. The molecule has 1 N–H and O–H groups in total. The first-order valence-corrected chi connectivity index (χ1v) is 10.7. The predicted octanol–water partition coefficient (Wildman–Crippen LogP) is 3.18. The summed E-state index contributed by atoms with van der Waals surface area (Å²) in [5.74, 6) is -0.325. The van der Waals surface area contributed by atoms with Crippen LogP contribution in [0, 0.1) is 12.7 Å². The summed E-state index contributed by atoms with van der Waals surface area (Å²) >= 11 is 0. The van der Waals surface area contributed by atoms with Gasteiger partial charge in [0.15, 0.2) is 5.03 Å². The first-order chi connectivity index (χ1) is 13.8. The van der Waals surface area contributed by atoms with Gasteiger partial charge in [-0.1, -0.05) is 6.07 Å². The van der Waals surface area contributed by atoms with E-state index in [-0.39, 0.29) is 16.8 Å². The Morgan fingerprint density at radius 3 is 2.76 bits per heavy atom. The third-order valence-electron chi connectivity index (χ3n) is 4.94. The molecule has 1 fully saturated rings. The standard InChI is InChI=1S/C20H22FN5O2S/c1-14-8-18(24-17-5-3-4-16(21)9-17)10-19(23-14)15-6-7-26(11-15)29(27,28)20-12-25(2)13-22-20/h3-5,8-10,12-13,15H,6-7,11H2,1-2H3,(H,23,24)/t15-/m1/s1. The number of sulfonamides is 1. The molecule has 0 saturated carbocycles. The molecule has 1 aromatic carbocycles. The molecule has 1 saturated heterocycles. The Balaban J connectivity index is 1.54. The largest absolute Gasteiger partial charge is 0.355 e. The highest BCUT2D eigenvalue weighted by molar-refractivity contribution is 7.89. The smallest absolute Gasteiger partial charge is 0.262 e. The first kappa shape index (κ1) is 19.5. The number of nitrogens with zero attached hydrogens (tertiary/aromatic N) is 4. The maximum Gasteiger partial charge on any atom is 0.262 e. The van der Waals surface area contributed by atoms with Gasteiger partial charge in [-0.05, 0) is 43.7 Å². The zero-order valence-corrected chi connectivity index (χ0v) is 17.0. The van der Waals surface area contributed by atoms with Gasteiger partial charge < -0.3 is 9.88 Å². The summed E-state index contributed by atoms with van der Waals surface area (Å²) < 4.78 is 42.2. The molecule has 4 rings (SSSR count). The van der Waals surface area contributed by atoms with Gasteiger partial charge in [-0.3, -0.25) is 4.98 Å². The maximum atomic E-state index is 13.4. The molecule has 0 bridgehead atoms. The van der Waals surface area contributed by atoms with E-state index in [2.05, 4.69) is 15.3 Å². The fourth-order valence-corrected chi connectivity index (χ4v) is 5.02. The van der Waals surface area contributed by atoms with Crippen molar-refractivity contribution in [3.05, 3.63) is 66.1 Å². The Morgan fingerprint density at radius 2 is 2.03 bits per heavy atom. The number of imidazole rings is 1. The number of nitrogens with one attached hydrogen (secondary N) is 1. The zero-order valence-electron chi connectivity index (χ0n) is 16.2. The van der Waals surface area contributed by atoms with E-state index in [1.807, 2.05) is 19.1 Å². The number of rotatable bonds is 5. The first-order valence-electron chi connectivity index (χ1n) is 9.30. The number of benzene rings is 1. The van der Waals surface area contributed by atoms with Crippen molar-refractivity contribution in [3.63, 3.8) is 0 Å². The molecule has 0 aliphatic carbocycles. The summed E-state index contributed by atoms with van der Waals surface area (Å²) in [6, 6.07) is 10.0.